The number of allylic oxidation sites excluding steroid dienone is 2. The van der Waals surface area contributed by atoms with Gasteiger partial charge >= 0.3 is 0 Å². The standard InChI is InChI=1S/C14H11NO2/c16-10-5-6-14(17)11(8-10)13-7-9-3-1-2-4-12(9)15-13/h1-7,11,15H,8H2. The van der Waals surface area contributed by atoms with Crippen LogP contribution in [-0.4, -0.2) is 16.6 Å². The molecule has 17 heavy (non-hydrogen) atoms. The van der Waals surface area contributed by atoms with E-state index < -0.39 is 0 Å². The maximum Gasteiger partial charge on any atom is 0.165 e. The van der Waals surface area contributed by atoms with Crippen molar-refractivity contribution >= 4 is 22.5 Å². The molecule has 1 aliphatic rings. The zero-order valence-electron chi connectivity index (χ0n) is 9.14. The van der Waals surface area contributed by atoms with Crippen LogP contribution in [0.2, 0.25) is 0 Å². The molecule has 1 aliphatic carbocycles. The molecule has 1 aromatic carbocycles. The van der Waals surface area contributed by atoms with Crippen LogP contribution in [0.5, 0.6) is 0 Å². The molecular formula is C14H11NO2. The summed E-state index contributed by atoms with van der Waals surface area (Å²) in [5.74, 6) is -0.343. The number of para-hydroxylation sites is 1. The fourth-order valence-electron chi connectivity index (χ4n) is 2.21. The van der Waals surface area contributed by atoms with Crippen molar-refractivity contribution < 1.29 is 9.59 Å². The molecule has 1 unspecified atom stereocenters. The van der Waals surface area contributed by atoms with Crippen LogP contribution in [-0.2, 0) is 9.59 Å². The number of nitrogens with one attached hydrogen (secondary N) is 1. The Kier molecular flexibility index (Phi) is 2.18. The summed E-state index contributed by atoms with van der Waals surface area (Å²) in [6.45, 7) is 0. The van der Waals surface area contributed by atoms with Gasteiger partial charge in [0.15, 0.2) is 11.6 Å². The summed E-state index contributed by atoms with van der Waals surface area (Å²) in [5.41, 5.74) is 1.83. The fourth-order valence-corrected chi connectivity index (χ4v) is 2.21. The lowest BCUT2D eigenvalue weighted by Crippen LogP contribution is -2.18. The number of H-pyrrole nitrogens is 1. The Labute approximate surface area is 98.1 Å². The molecule has 3 heteroatoms. The molecule has 1 atom stereocenters. The van der Waals surface area contributed by atoms with E-state index in [-0.39, 0.29) is 23.9 Å². The van der Waals surface area contributed by atoms with E-state index in [1.165, 1.54) is 12.2 Å². The summed E-state index contributed by atoms with van der Waals surface area (Å²) in [5, 5.41) is 1.07. The Bertz CT molecular complexity index is 603. The van der Waals surface area contributed by atoms with Gasteiger partial charge in [-0.25, -0.2) is 0 Å². The van der Waals surface area contributed by atoms with Gasteiger partial charge in [0.25, 0.3) is 0 Å². The van der Waals surface area contributed by atoms with E-state index in [0.717, 1.165) is 16.6 Å². The van der Waals surface area contributed by atoms with Gasteiger partial charge in [0, 0.05) is 17.6 Å². The van der Waals surface area contributed by atoms with Gasteiger partial charge in [-0.05, 0) is 29.7 Å². The molecule has 0 saturated heterocycles. The van der Waals surface area contributed by atoms with Gasteiger partial charge in [0.1, 0.15) is 0 Å². The molecule has 1 heterocycles. The molecule has 1 N–H and O–H groups in total. The summed E-state index contributed by atoms with van der Waals surface area (Å²) in [7, 11) is 0. The lowest BCUT2D eigenvalue weighted by atomic mass is 9.89. The van der Waals surface area contributed by atoms with Crippen molar-refractivity contribution in [2.24, 2.45) is 0 Å². The summed E-state index contributed by atoms with van der Waals surface area (Å²) in [4.78, 5) is 26.3. The summed E-state index contributed by atoms with van der Waals surface area (Å²) in [6.07, 6.45) is 3.01. The zero-order chi connectivity index (χ0) is 11.8. The molecule has 0 aliphatic heterocycles. The van der Waals surface area contributed by atoms with Gasteiger partial charge in [-0.15, -0.1) is 0 Å². The molecule has 0 spiro atoms. The monoisotopic (exact) mass is 225 g/mol. The van der Waals surface area contributed by atoms with Crippen LogP contribution < -0.4 is 0 Å². The van der Waals surface area contributed by atoms with Crippen LogP contribution in [0.4, 0.5) is 0 Å². The first-order valence-corrected chi connectivity index (χ1v) is 5.56. The second-order valence-corrected chi connectivity index (χ2v) is 4.27. The van der Waals surface area contributed by atoms with E-state index in [9.17, 15) is 9.59 Å². The normalized spacial score (nSPS) is 20.1. The lowest BCUT2D eigenvalue weighted by Gasteiger charge is -2.13. The third-order valence-corrected chi connectivity index (χ3v) is 3.11. The average Bonchev–Trinajstić information content (AvgIpc) is 2.75. The topological polar surface area (TPSA) is 49.9 Å². The van der Waals surface area contributed by atoms with Crippen molar-refractivity contribution in [3.8, 4) is 0 Å². The smallest absolute Gasteiger partial charge is 0.165 e. The van der Waals surface area contributed by atoms with Crippen molar-refractivity contribution in [1.82, 2.24) is 4.98 Å². The number of fused-ring (bicyclic) bond motifs is 1. The molecular weight excluding hydrogens is 214 g/mol. The number of hydrogen-bond acceptors (Lipinski definition) is 2. The van der Waals surface area contributed by atoms with Crippen LogP contribution in [0, 0.1) is 0 Å². The zero-order valence-corrected chi connectivity index (χ0v) is 9.14. The summed E-state index contributed by atoms with van der Waals surface area (Å²) >= 11 is 0. The van der Waals surface area contributed by atoms with E-state index in [1.807, 2.05) is 30.3 Å². The second-order valence-electron chi connectivity index (χ2n) is 4.27. The SMILES string of the molecule is O=C1C=CC(=O)C(c2cc3ccccc3[nH]2)C1. The minimum Gasteiger partial charge on any atom is -0.358 e. The van der Waals surface area contributed by atoms with Gasteiger partial charge in [0.2, 0.25) is 0 Å². The molecule has 1 aromatic heterocycles. The van der Waals surface area contributed by atoms with Gasteiger partial charge < -0.3 is 4.98 Å². The highest BCUT2D eigenvalue weighted by atomic mass is 16.1. The molecule has 0 fully saturated rings. The van der Waals surface area contributed by atoms with Crippen LogP contribution in [0.1, 0.15) is 18.0 Å². The van der Waals surface area contributed by atoms with E-state index in [4.69, 9.17) is 0 Å². The first-order chi connectivity index (χ1) is 8.24. The van der Waals surface area contributed by atoms with Gasteiger partial charge in [-0.1, -0.05) is 18.2 Å². The predicted octanol–water partition coefficient (Wildman–Crippen LogP) is 2.35. The second kappa shape index (κ2) is 3.70. The average molecular weight is 225 g/mol. The quantitative estimate of drug-likeness (QED) is 0.809. The van der Waals surface area contributed by atoms with Gasteiger partial charge in [-0.2, -0.15) is 0 Å². The van der Waals surface area contributed by atoms with Gasteiger partial charge in [-0.3, -0.25) is 9.59 Å². The summed E-state index contributed by atoms with van der Waals surface area (Å²) < 4.78 is 0. The molecule has 0 radical (unpaired) electrons. The Balaban J connectivity index is 2.06. The van der Waals surface area contributed by atoms with Crippen LogP contribution in [0.15, 0.2) is 42.5 Å². The molecule has 2 aromatic rings. The fraction of sp³-hybridized carbons (Fsp3) is 0.143. The first-order valence-electron chi connectivity index (χ1n) is 5.56. The van der Waals surface area contributed by atoms with Crippen LogP contribution >= 0.6 is 0 Å². The molecule has 0 amide bonds. The number of carbonyl (C=O) groups excluding carboxylic acids is 2. The molecule has 3 nitrogen and oxygen atoms in total. The molecule has 84 valence electrons. The van der Waals surface area contributed by atoms with Gasteiger partial charge in [0.05, 0.1) is 5.92 Å². The highest BCUT2D eigenvalue weighted by Gasteiger charge is 2.26. The molecule has 0 bridgehead atoms. The number of hydrogen-bond donors (Lipinski definition) is 1. The largest absolute Gasteiger partial charge is 0.358 e. The minimum absolute atomic E-state index is 0.00356. The van der Waals surface area contributed by atoms with Crippen LogP contribution in [0.3, 0.4) is 0 Å². The Hall–Kier alpha value is -2.16. The Morgan fingerprint density at radius 2 is 1.94 bits per heavy atom. The Morgan fingerprint density at radius 3 is 2.76 bits per heavy atom. The molecule has 0 saturated carbocycles. The molecule has 3 rings (SSSR count). The predicted molar refractivity (Wildman–Crippen MR) is 64.8 cm³/mol. The van der Waals surface area contributed by atoms with E-state index in [0.29, 0.717) is 0 Å². The van der Waals surface area contributed by atoms with E-state index >= 15 is 0 Å². The van der Waals surface area contributed by atoms with Crippen molar-refractivity contribution in [3.63, 3.8) is 0 Å². The number of benzene rings is 1. The lowest BCUT2D eigenvalue weighted by molar-refractivity contribution is -0.122. The van der Waals surface area contributed by atoms with E-state index in [2.05, 4.69) is 4.98 Å². The number of ketones is 2. The third-order valence-electron chi connectivity index (χ3n) is 3.11. The summed E-state index contributed by atoms with van der Waals surface area (Å²) in [6, 6.07) is 9.79. The van der Waals surface area contributed by atoms with Crippen molar-refractivity contribution in [2.75, 3.05) is 0 Å². The number of aromatic amines is 1. The van der Waals surface area contributed by atoms with Crippen LogP contribution in [0.25, 0.3) is 10.9 Å². The highest BCUT2D eigenvalue weighted by Crippen LogP contribution is 2.27. The van der Waals surface area contributed by atoms with Crippen molar-refractivity contribution in [3.05, 3.63) is 48.2 Å². The minimum atomic E-state index is -0.347. The van der Waals surface area contributed by atoms with E-state index in [1.54, 1.807) is 0 Å². The number of carbonyl (C=O) groups is 2. The number of aromatic nitrogens is 1. The maximum atomic E-state index is 11.8. The van der Waals surface area contributed by atoms with Crippen molar-refractivity contribution in [1.29, 1.82) is 0 Å². The third kappa shape index (κ3) is 1.69. The maximum absolute atomic E-state index is 11.8. The van der Waals surface area contributed by atoms with Crippen molar-refractivity contribution in [2.45, 2.75) is 12.3 Å². The Morgan fingerprint density at radius 1 is 1.12 bits per heavy atom. The number of rotatable bonds is 1. The first kappa shape index (κ1) is 10.0. The highest BCUT2D eigenvalue weighted by molar-refractivity contribution is 6.08.